The number of nitrogen functional groups attached to an aromatic ring is 1. The summed E-state index contributed by atoms with van der Waals surface area (Å²) in [5.41, 5.74) is 6.50. The van der Waals surface area contributed by atoms with E-state index in [2.05, 4.69) is 20.8 Å². The summed E-state index contributed by atoms with van der Waals surface area (Å²) in [6.45, 7) is 6.84. The number of benzene rings is 1. The van der Waals surface area contributed by atoms with Gasteiger partial charge in [-0.2, -0.15) is 0 Å². The van der Waals surface area contributed by atoms with E-state index in [-0.39, 0.29) is 27.5 Å². The zero-order chi connectivity index (χ0) is 16.3. The first-order chi connectivity index (χ1) is 10.2. The number of nitrogens with two attached hydrogens (primary N) is 1. The number of anilines is 1. The molecule has 4 nitrogen and oxygen atoms in total. The maximum atomic E-state index is 11.4. The third-order valence-corrected chi connectivity index (χ3v) is 6.64. The van der Waals surface area contributed by atoms with E-state index < -0.39 is 5.97 Å². The van der Waals surface area contributed by atoms with Crippen LogP contribution in [0.5, 0.6) is 5.75 Å². The van der Waals surface area contributed by atoms with Gasteiger partial charge in [0.2, 0.25) is 0 Å². The second kappa shape index (κ2) is 4.79. The van der Waals surface area contributed by atoms with Crippen LogP contribution in [0.1, 0.15) is 50.4 Å². The van der Waals surface area contributed by atoms with Crippen LogP contribution in [0.2, 0.25) is 5.02 Å². The van der Waals surface area contributed by atoms with Crippen LogP contribution in [0.3, 0.4) is 0 Å². The van der Waals surface area contributed by atoms with Gasteiger partial charge in [-0.1, -0.05) is 32.4 Å². The average molecular weight is 324 g/mol. The Balaban J connectivity index is 1.95. The highest BCUT2D eigenvalue weighted by atomic mass is 35.5. The zero-order valence-electron chi connectivity index (χ0n) is 13.1. The number of halogens is 1. The highest BCUT2D eigenvalue weighted by Gasteiger charge is 2.62. The Morgan fingerprint density at radius 1 is 1.41 bits per heavy atom. The molecule has 5 heteroatoms. The number of ether oxygens (including phenoxy) is 1. The van der Waals surface area contributed by atoms with Gasteiger partial charge >= 0.3 is 5.97 Å². The van der Waals surface area contributed by atoms with E-state index in [1.54, 1.807) is 0 Å². The van der Waals surface area contributed by atoms with E-state index >= 15 is 0 Å². The van der Waals surface area contributed by atoms with Gasteiger partial charge in [0.25, 0.3) is 0 Å². The largest absolute Gasteiger partial charge is 0.489 e. The molecule has 2 bridgehead atoms. The molecule has 0 radical (unpaired) electrons. The molecule has 0 spiro atoms. The summed E-state index contributed by atoms with van der Waals surface area (Å²) < 4.78 is 6.16. The minimum Gasteiger partial charge on any atom is -0.489 e. The number of aromatic carboxylic acids is 1. The van der Waals surface area contributed by atoms with Gasteiger partial charge < -0.3 is 15.6 Å². The van der Waals surface area contributed by atoms with E-state index in [1.165, 1.54) is 18.6 Å². The summed E-state index contributed by atoms with van der Waals surface area (Å²) >= 11 is 5.94. The van der Waals surface area contributed by atoms with Gasteiger partial charge in [-0.3, -0.25) is 0 Å². The molecule has 2 saturated carbocycles. The molecule has 22 heavy (non-hydrogen) atoms. The molecule has 3 rings (SSSR count). The lowest BCUT2D eigenvalue weighted by Gasteiger charge is -2.39. The molecule has 0 aromatic heterocycles. The van der Waals surface area contributed by atoms with E-state index in [4.69, 9.17) is 22.1 Å². The number of rotatable bonds is 3. The van der Waals surface area contributed by atoms with Gasteiger partial charge in [0.1, 0.15) is 17.4 Å². The van der Waals surface area contributed by atoms with Gasteiger partial charge in [-0.15, -0.1) is 0 Å². The Morgan fingerprint density at radius 3 is 2.59 bits per heavy atom. The lowest BCUT2D eigenvalue weighted by Crippen LogP contribution is -2.39. The molecular weight excluding hydrogens is 302 g/mol. The Labute approximate surface area is 135 Å². The highest BCUT2D eigenvalue weighted by Crippen LogP contribution is 2.66. The number of fused-ring (bicyclic) bond motifs is 2. The number of hydrogen-bond donors (Lipinski definition) is 2. The van der Waals surface area contributed by atoms with Crippen LogP contribution in [0.4, 0.5) is 5.69 Å². The quantitative estimate of drug-likeness (QED) is 0.817. The molecule has 3 unspecified atom stereocenters. The van der Waals surface area contributed by atoms with Crippen molar-refractivity contribution in [1.29, 1.82) is 0 Å². The predicted octanol–water partition coefficient (Wildman–Crippen LogP) is 4.21. The number of carboxylic acid groups (broad SMARTS) is 1. The smallest absolute Gasteiger partial charge is 0.339 e. The lowest BCUT2D eigenvalue weighted by atomic mass is 9.70. The van der Waals surface area contributed by atoms with E-state index in [9.17, 15) is 9.90 Å². The Kier molecular flexibility index (Phi) is 3.37. The fourth-order valence-corrected chi connectivity index (χ4v) is 4.46. The second-order valence-electron chi connectivity index (χ2n) is 7.39. The Bertz CT molecular complexity index is 643. The first kappa shape index (κ1) is 15.5. The van der Waals surface area contributed by atoms with Crippen LogP contribution >= 0.6 is 11.6 Å². The maximum Gasteiger partial charge on any atom is 0.339 e. The van der Waals surface area contributed by atoms with E-state index in [1.807, 2.05) is 0 Å². The molecular formula is C17H22ClNO3. The van der Waals surface area contributed by atoms with E-state index in [0.29, 0.717) is 17.4 Å². The molecule has 2 aliphatic carbocycles. The molecule has 0 amide bonds. The Hall–Kier alpha value is -1.42. The van der Waals surface area contributed by atoms with E-state index in [0.717, 1.165) is 12.8 Å². The summed E-state index contributed by atoms with van der Waals surface area (Å²) in [4.78, 5) is 11.4. The topological polar surface area (TPSA) is 72.5 Å². The minimum atomic E-state index is -1.05. The lowest BCUT2D eigenvalue weighted by molar-refractivity contribution is 0.0289. The predicted molar refractivity (Wildman–Crippen MR) is 86.5 cm³/mol. The van der Waals surface area contributed by atoms with Gasteiger partial charge in [0, 0.05) is 11.5 Å². The van der Waals surface area contributed by atoms with Crippen molar-refractivity contribution in [2.75, 3.05) is 5.73 Å². The van der Waals surface area contributed by atoms with Crippen LogP contribution in [0.25, 0.3) is 0 Å². The van der Waals surface area contributed by atoms with Crippen molar-refractivity contribution in [3.63, 3.8) is 0 Å². The Morgan fingerprint density at radius 2 is 2.09 bits per heavy atom. The normalized spacial score (nSPS) is 32.2. The maximum absolute atomic E-state index is 11.4. The fraction of sp³-hybridized carbons (Fsp3) is 0.588. The summed E-state index contributed by atoms with van der Waals surface area (Å²) in [7, 11) is 0. The molecule has 1 aromatic carbocycles. The molecule has 0 heterocycles. The molecule has 0 saturated heterocycles. The molecule has 0 aliphatic heterocycles. The summed E-state index contributed by atoms with van der Waals surface area (Å²) in [5.74, 6) is -0.103. The number of carbonyl (C=O) groups is 1. The van der Waals surface area contributed by atoms with Crippen molar-refractivity contribution in [2.24, 2.45) is 16.7 Å². The minimum absolute atomic E-state index is 0.0138. The van der Waals surface area contributed by atoms with Crippen molar-refractivity contribution in [1.82, 2.24) is 0 Å². The SMILES string of the molecule is CC1(C)C2CCC1(C)C(Oc1cc(N)c(Cl)cc1C(=O)O)C2. The molecule has 1 aromatic rings. The first-order valence-electron chi connectivity index (χ1n) is 7.66. The monoisotopic (exact) mass is 323 g/mol. The fourth-order valence-electron chi connectivity index (χ4n) is 4.30. The summed E-state index contributed by atoms with van der Waals surface area (Å²) in [6, 6.07) is 2.91. The molecule has 2 fully saturated rings. The number of hydrogen-bond acceptors (Lipinski definition) is 3. The van der Waals surface area contributed by atoms with Gasteiger partial charge in [-0.05, 0) is 36.7 Å². The summed E-state index contributed by atoms with van der Waals surface area (Å²) in [5, 5.41) is 9.61. The van der Waals surface area contributed by atoms with Crippen molar-refractivity contribution in [3.05, 3.63) is 22.7 Å². The van der Waals surface area contributed by atoms with Gasteiger partial charge in [0.15, 0.2) is 0 Å². The van der Waals surface area contributed by atoms with Crippen LogP contribution in [0, 0.1) is 16.7 Å². The average Bonchev–Trinajstić information content (AvgIpc) is 2.75. The molecule has 2 aliphatic rings. The highest BCUT2D eigenvalue weighted by molar-refractivity contribution is 6.33. The van der Waals surface area contributed by atoms with Crippen molar-refractivity contribution in [2.45, 2.75) is 46.1 Å². The van der Waals surface area contributed by atoms with Crippen LogP contribution in [-0.4, -0.2) is 17.2 Å². The van der Waals surface area contributed by atoms with Crippen molar-refractivity contribution in [3.8, 4) is 5.75 Å². The third-order valence-electron chi connectivity index (χ3n) is 6.31. The van der Waals surface area contributed by atoms with Crippen molar-refractivity contribution >= 4 is 23.3 Å². The summed E-state index contributed by atoms with van der Waals surface area (Å²) in [6.07, 6.45) is 3.31. The van der Waals surface area contributed by atoms with Crippen molar-refractivity contribution < 1.29 is 14.6 Å². The third kappa shape index (κ3) is 2.00. The van der Waals surface area contributed by atoms with Gasteiger partial charge in [0.05, 0.1) is 10.7 Å². The van der Waals surface area contributed by atoms with Crippen LogP contribution < -0.4 is 10.5 Å². The number of carboxylic acids is 1. The molecule has 3 N–H and O–H groups in total. The first-order valence-corrected chi connectivity index (χ1v) is 8.03. The molecule has 120 valence electrons. The van der Waals surface area contributed by atoms with Crippen LogP contribution in [0.15, 0.2) is 12.1 Å². The molecule has 3 atom stereocenters. The standard InChI is InChI=1S/C17H22ClNO3/c1-16(2)9-4-5-17(16,3)14(6-9)22-13-8-12(19)11(18)7-10(13)15(20)21/h7-9,14H,4-6,19H2,1-3H3,(H,20,21). The zero-order valence-corrected chi connectivity index (χ0v) is 13.9. The van der Waals surface area contributed by atoms with Crippen LogP contribution in [-0.2, 0) is 0 Å². The van der Waals surface area contributed by atoms with Gasteiger partial charge in [-0.25, -0.2) is 4.79 Å². The second-order valence-corrected chi connectivity index (χ2v) is 7.80.